The average molecular weight is 284 g/mol. The summed E-state index contributed by atoms with van der Waals surface area (Å²) in [6, 6.07) is -0.272. The number of carbonyl (C=O) groups excluding carboxylic acids is 1. The zero-order valence-electron chi connectivity index (χ0n) is 11.4. The molecule has 0 radical (unpaired) electrons. The Labute approximate surface area is 116 Å². The molecule has 0 spiro atoms. The number of carboxylic acid groups (broad SMARTS) is 2. The standard InChI is InChI=1S/C13H20N2O5/c1-7-2-4-14-10(7)11(16)15-5-3-8(12(17)18)9(6-15)13(19)20/h7-10,14H,2-6H2,1H3,(H,17,18)(H,19,20). The molecule has 4 atom stereocenters. The maximum atomic E-state index is 12.4. The first-order chi connectivity index (χ1) is 9.41. The Hall–Kier alpha value is -1.63. The smallest absolute Gasteiger partial charge is 0.309 e. The van der Waals surface area contributed by atoms with Crippen molar-refractivity contribution in [3.63, 3.8) is 0 Å². The van der Waals surface area contributed by atoms with Gasteiger partial charge in [-0.2, -0.15) is 0 Å². The van der Waals surface area contributed by atoms with Gasteiger partial charge >= 0.3 is 11.9 Å². The SMILES string of the molecule is CC1CCNC1C(=O)N1CCC(C(=O)O)C(C(=O)O)C1. The van der Waals surface area contributed by atoms with Crippen LogP contribution >= 0.6 is 0 Å². The molecule has 4 unspecified atom stereocenters. The number of carbonyl (C=O) groups is 3. The van der Waals surface area contributed by atoms with Crippen molar-refractivity contribution in [3.8, 4) is 0 Å². The largest absolute Gasteiger partial charge is 0.481 e. The Kier molecular flexibility index (Phi) is 4.27. The van der Waals surface area contributed by atoms with Crippen LogP contribution in [0.3, 0.4) is 0 Å². The minimum Gasteiger partial charge on any atom is -0.481 e. The van der Waals surface area contributed by atoms with Crippen LogP contribution in [-0.2, 0) is 14.4 Å². The Morgan fingerprint density at radius 2 is 1.75 bits per heavy atom. The zero-order chi connectivity index (χ0) is 14.9. The summed E-state index contributed by atoms with van der Waals surface area (Å²) in [6.45, 7) is 3.06. The molecule has 1 amide bonds. The highest BCUT2D eigenvalue weighted by Crippen LogP contribution is 2.26. The molecule has 0 aromatic heterocycles. The lowest BCUT2D eigenvalue weighted by atomic mass is 9.85. The number of nitrogens with zero attached hydrogens (tertiary/aromatic N) is 1. The van der Waals surface area contributed by atoms with Crippen LogP contribution in [0, 0.1) is 17.8 Å². The van der Waals surface area contributed by atoms with Gasteiger partial charge in [-0.25, -0.2) is 0 Å². The zero-order valence-corrected chi connectivity index (χ0v) is 11.4. The van der Waals surface area contributed by atoms with E-state index in [-0.39, 0.29) is 30.8 Å². The summed E-state index contributed by atoms with van der Waals surface area (Å²) >= 11 is 0. The number of hydrogen-bond acceptors (Lipinski definition) is 4. The summed E-state index contributed by atoms with van der Waals surface area (Å²) in [5, 5.41) is 21.3. The molecule has 2 saturated heterocycles. The molecule has 2 rings (SSSR count). The summed E-state index contributed by atoms with van der Waals surface area (Å²) in [5.74, 6) is -4.07. The van der Waals surface area contributed by atoms with Crippen LogP contribution in [0.2, 0.25) is 0 Å². The number of nitrogens with one attached hydrogen (secondary N) is 1. The van der Waals surface area contributed by atoms with E-state index in [4.69, 9.17) is 10.2 Å². The molecule has 2 fully saturated rings. The first-order valence-corrected chi connectivity index (χ1v) is 6.89. The van der Waals surface area contributed by atoms with Crippen LogP contribution in [0.1, 0.15) is 19.8 Å². The Balaban J connectivity index is 2.06. The van der Waals surface area contributed by atoms with Crippen LogP contribution in [-0.4, -0.2) is 58.6 Å². The topological polar surface area (TPSA) is 107 Å². The van der Waals surface area contributed by atoms with Gasteiger partial charge < -0.3 is 20.4 Å². The van der Waals surface area contributed by atoms with Gasteiger partial charge in [0.05, 0.1) is 17.9 Å². The molecular formula is C13H20N2O5. The number of aliphatic carboxylic acids is 2. The van der Waals surface area contributed by atoms with Crippen molar-refractivity contribution >= 4 is 17.8 Å². The second-order valence-corrected chi connectivity index (χ2v) is 5.66. The van der Waals surface area contributed by atoms with Gasteiger partial charge in [-0.3, -0.25) is 14.4 Å². The number of hydrogen-bond donors (Lipinski definition) is 3. The van der Waals surface area contributed by atoms with Gasteiger partial charge in [0.1, 0.15) is 0 Å². The first-order valence-electron chi connectivity index (χ1n) is 6.89. The summed E-state index contributed by atoms with van der Waals surface area (Å²) in [4.78, 5) is 36.2. The van der Waals surface area contributed by atoms with Crippen molar-refractivity contribution in [2.75, 3.05) is 19.6 Å². The van der Waals surface area contributed by atoms with Gasteiger partial charge in [0.25, 0.3) is 0 Å². The Morgan fingerprint density at radius 3 is 2.25 bits per heavy atom. The molecule has 0 aromatic rings. The van der Waals surface area contributed by atoms with E-state index >= 15 is 0 Å². The van der Waals surface area contributed by atoms with E-state index in [9.17, 15) is 14.4 Å². The van der Waals surface area contributed by atoms with Gasteiger partial charge in [-0.1, -0.05) is 6.92 Å². The van der Waals surface area contributed by atoms with Crippen molar-refractivity contribution in [1.82, 2.24) is 10.2 Å². The third-order valence-corrected chi connectivity index (χ3v) is 4.36. The molecule has 2 aliphatic rings. The fraction of sp³-hybridized carbons (Fsp3) is 0.769. The maximum absolute atomic E-state index is 12.4. The van der Waals surface area contributed by atoms with Crippen LogP contribution in [0.5, 0.6) is 0 Å². The van der Waals surface area contributed by atoms with Crippen LogP contribution < -0.4 is 5.32 Å². The highest BCUT2D eigenvalue weighted by molar-refractivity contribution is 5.85. The average Bonchev–Trinajstić information content (AvgIpc) is 2.83. The highest BCUT2D eigenvalue weighted by atomic mass is 16.4. The van der Waals surface area contributed by atoms with Crippen LogP contribution in [0.4, 0.5) is 0 Å². The molecular weight excluding hydrogens is 264 g/mol. The van der Waals surface area contributed by atoms with E-state index in [1.807, 2.05) is 6.92 Å². The molecule has 0 aromatic carbocycles. The predicted molar refractivity (Wildman–Crippen MR) is 69.0 cm³/mol. The number of amides is 1. The molecule has 7 nitrogen and oxygen atoms in total. The second kappa shape index (κ2) is 5.78. The summed E-state index contributed by atoms with van der Waals surface area (Å²) < 4.78 is 0. The summed E-state index contributed by atoms with van der Waals surface area (Å²) in [5.41, 5.74) is 0. The van der Waals surface area contributed by atoms with Crippen molar-refractivity contribution in [2.45, 2.75) is 25.8 Å². The molecule has 20 heavy (non-hydrogen) atoms. The van der Waals surface area contributed by atoms with Crippen LogP contribution in [0.15, 0.2) is 0 Å². The molecule has 112 valence electrons. The molecule has 2 aliphatic heterocycles. The van der Waals surface area contributed by atoms with Crippen molar-refractivity contribution in [3.05, 3.63) is 0 Å². The van der Waals surface area contributed by atoms with E-state index < -0.39 is 23.8 Å². The van der Waals surface area contributed by atoms with Crippen molar-refractivity contribution < 1.29 is 24.6 Å². The summed E-state index contributed by atoms with van der Waals surface area (Å²) in [7, 11) is 0. The lowest BCUT2D eigenvalue weighted by Crippen LogP contribution is -2.53. The van der Waals surface area contributed by atoms with E-state index in [2.05, 4.69) is 5.32 Å². The van der Waals surface area contributed by atoms with Crippen molar-refractivity contribution in [2.24, 2.45) is 17.8 Å². The Morgan fingerprint density at radius 1 is 1.10 bits per heavy atom. The highest BCUT2D eigenvalue weighted by Gasteiger charge is 2.42. The minimum atomic E-state index is -1.15. The normalized spacial score (nSPS) is 34.0. The molecule has 3 N–H and O–H groups in total. The predicted octanol–water partition coefficient (Wildman–Crippen LogP) is -0.382. The fourth-order valence-electron chi connectivity index (χ4n) is 3.06. The van der Waals surface area contributed by atoms with Gasteiger partial charge in [-0.05, 0) is 25.3 Å². The number of rotatable bonds is 3. The van der Waals surface area contributed by atoms with E-state index in [0.29, 0.717) is 6.54 Å². The third kappa shape index (κ3) is 2.77. The Bertz CT molecular complexity index is 425. The first kappa shape index (κ1) is 14.8. The van der Waals surface area contributed by atoms with Gasteiger partial charge in [0.15, 0.2) is 0 Å². The summed E-state index contributed by atoms with van der Waals surface area (Å²) in [6.07, 6.45) is 1.11. The quantitative estimate of drug-likeness (QED) is 0.652. The molecule has 0 saturated carbocycles. The lowest BCUT2D eigenvalue weighted by molar-refractivity contribution is -0.159. The number of likely N-dealkylation sites (tertiary alicyclic amines) is 1. The molecule has 7 heteroatoms. The number of piperidine rings is 1. The second-order valence-electron chi connectivity index (χ2n) is 5.66. The third-order valence-electron chi connectivity index (χ3n) is 4.36. The monoisotopic (exact) mass is 284 g/mol. The molecule has 0 bridgehead atoms. The van der Waals surface area contributed by atoms with Gasteiger partial charge in [-0.15, -0.1) is 0 Å². The molecule has 0 aliphatic carbocycles. The van der Waals surface area contributed by atoms with Crippen LogP contribution in [0.25, 0.3) is 0 Å². The van der Waals surface area contributed by atoms with E-state index in [1.54, 1.807) is 0 Å². The maximum Gasteiger partial charge on any atom is 0.309 e. The minimum absolute atomic E-state index is 0.0178. The van der Waals surface area contributed by atoms with E-state index in [1.165, 1.54) is 4.90 Å². The lowest BCUT2D eigenvalue weighted by Gasteiger charge is -2.36. The number of carboxylic acids is 2. The van der Waals surface area contributed by atoms with Gasteiger partial charge in [0.2, 0.25) is 5.91 Å². The molecule has 2 heterocycles. The van der Waals surface area contributed by atoms with Crippen molar-refractivity contribution in [1.29, 1.82) is 0 Å². The fourth-order valence-corrected chi connectivity index (χ4v) is 3.06. The van der Waals surface area contributed by atoms with Gasteiger partial charge in [0, 0.05) is 13.1 Å². The van der Waals surface area contributed by atoms with E-state index in [0.717, 1.165) is 13.0 Å².